The van der Waals surface area contributed by atoms with Gasteiger partial charge in [-0.25, -0.2) is 4.98 Å². The lowest BCUT2D eigenvalue weighted by atomic mass is 10.0. The predicted molar refractivity (Wildman–Crippen MR) is 72.1 cm³/mol. The van der Waals surface area contributed by atoms with Gasteiger partial charge < -0.3 is 4.40 Å². The van der Waals surface area contributed by atoms with Gasteiger partial charge in [-0.1, -0.05) is 6.42 Å². The highest BCUT2D eigenvalue weighted by atomic mass is 79.9. The maximum Gasteiger partial charge on any atom is 0.151 e. The van der Waals surface area contributed by atoms with Crippen LogP contribution in [0.2, 0.25) is 0 Å². The average molecular weight is 294 g/mol. The zero-order valence-electron chi connectivity index (χ0n) is 9.93. The second kappa shape index (κ2) is 4.42. The number of nitrogens with zero attached hydrogens (tertiary/aromatic N) is 3. The summed E-state index contributed by atoms with van der Waals surface area (Å²) in [5, 5.41) is 0. The lowest BCUT2D eigenvalue weighted by Crippen LogP contribution is -2.29. The van der Waals surface area contributed by atoms with Crippen molar-refractivity contribution in [1.29, 1.82) is 0 Å². The molecule has 3 rings (SSSR count). The van der Waals surface area contributed by atoms with Gasteiger partial charge in [-0.15, -0.1) is 0 Å². The Balaban J connectivity index is 2.02. The molecule has 0 bridgehead atoms. The number of halogens is 1. The normalized spacial score (nSPS) is 22.1. The SMILES string of the molecule is CN1CCCCC1c1cn2cccc(Br)c2n1. The molecule has 17 heavy (non-hydrogen) atoms. The first kappa shape index (κ1) is 11.2. The molecule has 0 spiro atoms. The molecule has 1 saturated heterocycles. The third-order valence-electron chi connectivity index (χ3n) is 3.57. The number of fused-ring (bicyclic) bond motifs is 1. The summed E-state index contributed by atoms with van der Waals surface area (Å²) in [5.74, 6) is 0. The highest BCUT2D eigenvalue weighted by Crippen LogP contribution is 2.30. The first-order chi connectivity index (χ1) is 8.25. The van der Waals surface area contributed by atoms with E-state index in [0.717, 1.165) is 10.1 Å². The van der Waals surface area contributed by atoms with Gasteiger partial charge in [0.05, 0.1) is 16.2 Å². The molecule has 0 aliphatic carbocycles. The van der Waals surface area contributed by atoms with Gasteiger partial charge in [-0.2, -0.15) is 0 Å². The van der Waals surface area contributed by atoms with Crippen molar-refractivity contribution in [3.05, 3.63) is 34.7 Å². The summed E-state index contributed by atoms with van der Waals surface area (Å²) in [5.41, 5.74) is 2.21. The van der Waals surface area contributed by atoms with Crippen molar-refractivity contribution >= 4 is 21.6 Å². The minimum absolute atomic E-state index is 0.482. The van der Waals surface area contributed by atoms with Crippen LogP contribution in [0.3, 0.4) is 0 Å². The van der Waals surface area contributed by atoms with Crippen LogP contribution in [-0.4, -0.2) is 27.9 Å². The molecule has 1 aliphatic rings. The van der Waals surface area contributed by atoms with Crippen LogP contribution in [0.25, 0.3) is 5.65 Å². The molecule has 2 aromatic heterocycles. The summed E-state index contributed by atoms with van der Waals surface area (Å²) in [6, 6.07) is 4.56. The first-order valence-corrected chi connectivity index (χ1v) is 6.88. The van der Waals surface area contributed by atoms with E-state index in [2.05, 4.69) is 44.7 Å². The topological polar surface area (TPSA) is 20.5 Å². The molecule has 1 fully saturated rings. The minimum atomic E-state index is 0.482. The maximum absolute atomic E-state index is 4.76. The number of hydrogen-bond acceptors (Lipinski definition) is 2. The van der Waals surface area contributed by atoms with Gasteiger partial charge in [0.15, 0.2) is 5.65 Å². The Hall–Kier alpha value is -0.870. The summed E-state index contributed by atoms with van der Waals surface area (Å²) in [6.07, 6.45) is 8.05. The molecular formula is C13H16BrN3. The van der Waals surface area contributed by atoms with Crippen molar-refractivity contribution in [2.45, 2.75) is 25.3 Å². The summed E-state index contributed by atoms with van der Waals surface area (Å²) in [4.78, 5) is 7.18. The van der Waals surface area contributed by atoms with Gasteiger partial charge in [-0.05, 0) is 54.5 Å². The Morgan fingerprint density at radius 2 is 2.29 bits per heavy atom. The zero-order chi connectivity index (χ0) is 11.8. The monoisotopic (exact) mass is 293 g/mol. The molecule has 1 aliphatic heterocycles. The predicted octanol–water partition coefficient (Wildman–Crippen LogP) is 3.25. The number of hydrogen-bond donors (Lipinski definition) is 0. The van der Waals surface area contributed by atoms with Gasteiger partial charge in [0.2, 0.25) is 0 Å². The second-order valence-electron chi connectivity index (χ2n) is 4.74. The highest BCUT2D eigenvalue weighted by Gasteiger charge is 2.23. The molecule has 3 heterocycles. The summed E-state index contributed by atoms with van der Waals surface area (Å²) >= 11 is 3.55. The lowest BCUT2D eigenvalue weighted by Gasteiger charge is -2.31. The van der Waals surface area contributed by atoms with Gasteiger partial charge >= 0.3 is 0 Å². The van der Waals surface area contributed by atoms with Gasteiger partial charge in [0, 0.05) is 12.4 Å². The number of pyridine rings is 1. The lowest BCUT2D eigenvalue weighted by molar-refractivity contribution is 0.184. The van der Waals surface area contributed by atoms with E-state index in [9.17, 15) is 0 Å². The standard InChI is InChI=1S/C13H16BrN3/c1-16-7-3-2-6-12(16)11-9-17-8-4-5-10(14)13(17)15-11/h4-5,8-9,12H,2-3,6-7H2,1H3. The van der Waals surface area contributed by atoms with Crippen molar-refractivity contribution < 1.29 is 0 Å². The minimum Gasteiger partial charge on any atom is -0.306 e. The van der Waals surface area contributed by atoms with Crippen molar-refractivity contribution in [2.75, 3.05) is 13.6 Å². The van der Waals surface area contributed by atoms with Crippen molar-refractivity contribution in [3.63, 3.8) is 0 Å². The maximum atomic E-state index is 4.76. The van der Waals surface area contributed by atoms with E-state index in [0.29, 0.717) is 6.04 Å². The summed E-state index contributed by atoms with van der Waals surface area (Å²) < 4.78 is 3.16. The Labute approximate surface area is 110 Å². The molecule has 3 nitrogen and oxygen atoms in total. The number of likely N-dealkylation sites (tertiary alicyclic amines) is 1. The average Bonchev–Trinajstić information content (AvgIpc) is 2.75. The van der Waals surface area contributed by atoms with Crippen molar-refractivity contribution in [3.8, 4) is 0 Å². The van der Waals surface area contributed by atoms with Crippen molar-refractivity contribution in [2.24, 2.45) is 0 Å². The van der Waals surface area contributed by atoms with Gasteiger partial charge in [0.1, 0.15) is 0 Å². The molecular weight excluding hydrogens is 278 g/mol. The molecule has 2 aromatic rings. The molecule has 0 amide bonds. The van der Waals surface area contributed by atoms with Crippen molar-refractivity contribution in [1.82, 2.24) is 14.3 Å². The molecule has 0 aromatic carbocycles. The van der Waals surface area contributed by atoms with Crippen LogP contribution >= 0.6 is 15.9 Å². The number of piperidine rings is 1. The van der Waals surface area contributed by atoms with Gasteiger partial charge in [-0.3, -0.25) is 4.90 Å². The van der Waals surface area contributed by atoms with E-state index >= 15 is 0 Å². The molecule has 90 valence electrons. The number of aromatic nitrogens is 2. The summed E-state index contributed by atoms with van der Waals surface area (Å²) in [7, 11) is 2.20. The van der Waals surface area contributed by atoms with E-state index in [1.165, 1.54) is 31.5 Å². The third kappa shape index (κ3) is 2.00. The van der Waals surface area contributed by atoms with E-state index in [4.69, 9.17) is 4.98 Å². The quantitative estimate of drug-likeness (QED) is 0.805. The molecule has 0 saturated carbocycles. The molecule has 1 unspecified atom stereocenters. The Bertz CT molecular complexity index is 534. The highest BCUT2D eigenvalue weighted by molar-refractivity contribution is 9.10. The van der Waals surface area contributed by atoms with Crippen LogP contribution in [0, 0.1) is 0 Å². The fraction of sp³-hybridized carbons (Fsp3) is 0.462. The van der Waals surface area contributed by atoms with Crippen LogP contribution < -0.4 is 0 Å². The molecule has 4 heteroatoms. The Morgan fingerprint density at radius 3 is 3.06 bits per heavy atom. The molecule has 0 N–H and O–H groups in total. The fourth-order valence-corrected chi connectivity index (χ4v) is 3.05. The third-order valence-corrected chi connectivity index (χ3v) is 4.18. The zero-order valence-corrected chi connectivity index (χ0v) is 11.5. The molecule has 1 atom stereocenters. The van der Waals surface area contributed by atoms with E-state index in [-0.39, 0.29) is 0 Å². The van der Waals surface area contributed by atoms with E-state index in [1.54, 1.807) is 0 Å². The van der Waals surface area contributed by atoms with Gasteiger partial charge in [0.25, 0.3) is 0 Å². The number of rotatable bonds is 1. The van der Waals surface area contributed by atoms with Crippen LogP contribution in [0.1, 0.15) is 31.0 Å². The van der Waals surface area contributed by atoms with E-state index < -0.39 is 0 Å². The summed E-state index contributed by atoms with van der Waals surface area (Å²) in [6.45, 7) is 1.18. The van der Waals surface area contributed by atoms with E-state index in [1.807, 2.05) is 12.1 Å². The first-order valence-electron chi connectivity index (χ1n) is 6.09. The smallest absolute Gasteiger partial charge is 0.151 e. The number of imidazole rings is 1. The fourth-order valence-electron chi connectivity index (χ4n) is 2.61. The Morgan fingerprint density at radius 1 is 1.41 bits per heavy atom. The second-order valence-corrected chi connectivity index (χ2v) is 5.60. The van der Waals surface area contributed by atoms with Crippen LogP contribution in [0.4, 0.5) is 0 Å². The van der Waals surface area contributed by atoms with Crippen LogP contribution in [0.5, 0.6) is 0 Å². The van der Waals surface area contributed by atoms with Crippen LogP contribution in [-0.2, 0) is 0 Å². The molecule has 0 radical (unpaired) electrons. The Kier molecular flexibility index (Phi) is 2.92. The largest absolute Gasteiger partial charge is 0.306 e. The van der Waals surface area contributed by atoms with Crippen LogP contribution in [0.15, 0.2) is 29.0 Å².